The number of halogens is 1. The van der Waals surface area contributed by atoms with E-state index in [4.69, 9.17) is 5.73 Å². The molecular weight excluding hydrogens is 262 g/mol. The Morgan fingerprint density at radius 1 is 1.38 bits per heavy atom. The molecule has 0 unspecified atom stereocenters. The zero-order valence-electron chi connectivity index (χ0n) is 10.1. The molecule has 2 rings (SSSR count). The van der Waals surface area contributed by atoms with Crippen LogP contribution in [-0.2, 0) is 11.8 Å². The molecule has 16 heavy (non-hydrogen) atoms. The first-order chi connectivity index (χ1) is 7.57. The molecule has 1 aliphatic rings. The molecule has 1 aromatic carbocycles. The van der Waals surface area contributed by atoms with Crippen LogP contribution in [0, 0.1) is 5.92 Å². The number of rotatable bonds is 4. The van der Waals surface area contributed by atoms with Gasteiger partial charge in [0.1, 0.15) is 0 Å². The van der Waals surface area contributed by atoms with Crippen LogP contribution in [-0.4, -0.2) is 6.54 Å². The highest BCUT2D eigenvalue weighted by Crippen LogP contribution is 2.47. The van der Waals surface area contributed by atoms with Gasteiger partial charge in [0, 0.05) is 16.4 Å². The van der Waals surface area contributed by atoms with Gasteiger partial charge in [-0.25, -0.2) is 0 Å². The third kappa shape index (κ3) is 2.33. The van der Waals surface area contributed by atoms with Gasteiger partial charge in [0.05, 0.1) is 0 Å². The molecule has 0 aliphatic heterocycles. The second-order valence-electron chi connectivity index (χ2n) is 5.39. The maximum atomic E-state index is 5.85. The van der Waals surface area contributed by atoms with Crippen molar-refractivity contribution in [1.82, 2.24) is 0 Å². The smallest absolute Gasteiger partial charge is 0.0210 e. The Morgan fingerprint density at radius 3 is 2.50 bits per heavy atom. The van der Waals surface area contributed by atoms with Crippen LogP contribution in [0.2, 0.25) is 0 Å². The van der Waals surface area contributed by atoms with Gasteiger partial charge in [-0.3, -0.25) is 0 Å². The van der Waals surface area contributed by atoms with Crippen LogP contribution < -0.4 is 5.73 Å². The standard InChI is InChI=1S/C14H20BrN/c1-10(2)7-11-3-4-12(8-13(11)15)14(9-16)5-6-14/h3-4,8,10H,5-7,9,16H2,1-2H3. The average Bonchev–Trinajstić information content (AvgIpc) is 3.01. The maximum Gasteiger partial charge on any atom is 0.0210 e. The van der Waals surface area contributed by atoms with E-state index >= 15 is 0 Å². The summed E-state index contributed by atoms with van der Waals surface area (Å²) < 4.78 is 1.25. The van der Waals surface area contributed by atoms with Crippen molar-refractivity contribution in [2.75, 3.05) is 6.54 Å². The molecule has 0 atom stereocenters. The maximum absolute atomic E-state index is 5.85. The van der Waals surface area contributed by atoms with E-state index < -0.39 is 0 Å². The number of nitrogens with two attached hydrogens (primary N) is 1. The zero-order chi connectivity index (χ0) is 11.8. The normalized spacial score (nSPS) is 17.8. The summed E-state index contributed by atoms with van der Waals surface area (Å²) in [7, 11) is 0. The Morgan fingerprint density at radius 2 is 2.06 bits per heavy atom. The molecule has 1 saturated carbocycles. The predicted octanol–water partition coefficient (Wildman–Crippen LogP) is 3.64. The number of hydrogen-bond donors (Lipinski definition) is 1. The summed E-state index contributed by atoms with van der Waals surface area (Å²) in [5.41, 5.74) is 8.98. The van der Waals surface area contributed by atoms with E-state index in [0.29, 0.717) is 11.3 Å². The Labute approximate surface area is 107 Å². The van der Waals surface area contributed by atoms with Crippen molar-refractivity contribution in [3.05, 3.63) is 33.8 Å². The molecular formula is C14H20BrN. The van der Waals surface area contributed by atoms with Crippen LogP contribution in [0.3, 0.4) is 0 Å². The lowest BCUT2D eigenvalue weighted by Gasteiger charge is -2.15. The minimum atomic E-state index is 0.304. The first-order valence-electron chi connectivity index (χ1n) is 6.06. The number of hydrogen-bond acceptors (Lipinski definition) is 1. The molecule has 1 aromatic rings. The van der Waals surface area contributed by atoms with Gasteiger partial charge in [0.15, 0.2) is 0 Å². The quantitative estimate of drug-likeness (QED) is 0.896. The van der Waals surface area contributed by atoms with Crippen LogP contribution >= 0.6 is 15.9 Å². The summed E-state index contributed by atoms with van der Waals surface area (Å²) in [6.07, 6.45) is 3.63. The van der Waals surface area contributed by atoms with Gasteiger partial charge in [-0.2, -0.15) is 0 Å². The van der Waals surface area contributed by atoms with E-state index in [1.165, 1.54) is 28.4 Å². The summed E-state index contributed by atoms with van der Waals surface area (Å²) in [5.74, 6) is 0.701. The van der Waals surface area contributed by atoms with Gasteiger partial charge < -0.3 is 5.73 Å². The molecule has 0 saturated heterocycles. The fourth-order valence-corrected chi connectivity index (χ4v) is 2.78. The third-order valence-electron chi connectivity index (χ3n) is 3.54. The molecule has 0 amide bonds. The van der Waals surface area contributed by atoms with E-state index in [-0.39, 0.29) is 0 Å². The third-order valence-corrected chi connectivity index (χ3v) is 4.28. The topological polar surface area (TPSA) is 26.0 Å². The highest BCUT2D eigenvalue weighted by atomic mass is 79.9. The second-order valence-corrected chi connectivity index (χ2v) is 6.24. The van der Waals surface area contributed by atoms with Crippen molar-refractivity contribution in [1.29, 1.82) is 0 Å². The summed E-state index contributed by atoms with van der Waals surface area (Å²) in [5, 5.41) is 0. The minimum Gasteiger partial charge on any atom is -0.330 e. The van der Waals surface area contributed by atoms with Gasteiger partial charge >= 0.3 is 0 Å². The molecule has 88 valence electrons. The minimum absolute atomic E-state index is 0.304. The van der Waals surface area contributed by atoms with E-state index in [1.807, 2.05) is 0 Å². The largest absolute Gasteiger partial charge is 0.330 e. The lowest BCUT2D eigenvalue weighted by Crippen LogP contribution is -2.19. The highest BCUT2D eigenvalue weighted by Gasteiger charge is 2.42. The monoisotopic (exact) mass is 281 g/mol. The van der Waals surface area contributed by atoms with Crippen LogP contribution in [0.5, 0.6) is 0 Å². The fraction of sp³-hybridized carbons (Fsp3) is 0.571. The van der Waals surface area contributed by atoms with E-state index in [0.717, 1.165) is 13.0 Å². The fourth-order valence-electron chi connectivity index (χ4n) is 2.24. The van der Waals surface area contributed by atoms with Gasteiger partial charge in [-0.05, 0) is 42.4 Å². The van der Waals surface area contributed by atoms with E-state index in [9.17, 15) is 0 Å². The van der Waals surface area contributed by atoms with E-state index in [2.05, 4.69) is 48.0 Å². The molecule has 2 heteroatoms. The van der Waals surface area contributed by atoms with Crippen molar-refractivity contribution < 1.29 is 0 Å². The van der Waals surface area contributed by atoms with Gasteiger partial charge in [-0.15, -0.1) is 0 Å². The van der Waals surface area contributed by atoms with Crippen molar-refractivity contribution >= 4 is 15.9 Å². The molecule has 1 nitrogen and oxygen atoms in total. The van der Waals surface area contributed by atoms with Crippen molar-refractivity contribution in [3.63, 3.8) is 0 Å². The van der Waals surface area contributed by atoms with Crippen LogP contribution in [0.4, 0.5) is 0 Å². The van der Waals surface area contributed by atoms with Gasteiger partial charge in [0.2, 0.25) is 0 Å². The predicted molar refractivity (Wildman–Crippen MR) is 72.7 cm³/mol. The first kappa shape index (κ1) is 12.1. The van der Waals surface area contributed by atoms with Crippen LogP contribution in [0.1, 0.15) is 37.8 Å². The molecule has 0 heterocycles. The summed E-state index contributed by atoms with van der Waals surface area (Å²) in [4.78, 5) is 0. The Hall–Kier alpha value is -0.340. The van der Waals surface area contributed by atoms with Crippen LogP contribution in [0.25, 0.3) is 0 Å². The number of benzene rings is 1. The Balaban J connectivity index is 2.23. The molecule has 0 bridgehead atoms. The molecule has 1 fully saturated rings. The zero-order valence-corrected chi connectivity index (χ0v) is 11.7. The Kier molecular flexibility index (Phi) is 3.41. The van der Waals surface area contributed by atoms with Gasteiger partial charge in [-0.1, -0.05) is 41.9 Å². The molecule has 0 aromatic heterocycles. The van der Waals surface area contributed by atoms with Crippen LogP contribution in [0.15, 0.2) is 22.7 Å². The van der Waals surface area contributed by atoms with E-state index in [1.54, 1.807) is 0 Å². The average molecular weight is 282 g/mol. The summed E-state index contributed by atoms with van der Waals surface area (Å²) in [6.45, 7) is 5.29. The lowest BCUT2D eigenvalue weighted by atomic mass is 9.93. The lowest BCUT2D eigenvalue weighted by molar-refractivity contribution is 0.644. The Bertz CT molecular complexity index is 380. The first-order valence-corrected chi connectivity index (χ1v) is 6.86. The van der Waals surface area contributed by atoms with Crippen molar-refractivity contribution in [2.24, 2.45) is 11.7 Å². The molecule has 0 radical (unpaired) electrons. The second kappa shape index (κ2) is 4.50. The highest BCUT2D eigenvalue weighted by molar-refractivity contribution is 9.10. The molecule has 0 spiro atoms. The summed E-state index contributed by atoms with van der Waals surface area (Å²) >= 11 is 3.68. The molecule has 1 aliphatic carbocycles. The molecule has 2 N–H and O–H groups in total. The SMILES string of the molecule is CC(C)Cc1ccc(C2(CN)CC2)cc1Br. The van der Waals surface area contributed by atoms with Crippen molar-refractivity contribution in [2.45, 2.75) is 38.5 Å². The van der Waals surface area contributed by atoms with Gasteiger partial charge in [0.25, 0.3) is 0 Å². The summed E-state index contributed by atoms with van der Waals surface area (Å²) in [6, 6.07) is 6.80. The van der Waals surface area contributed by atoms with Crippen molar-refractivity contribution in [3.8, 4) is 0 Å².